The Morgan fingerprint density at radius 3 is 3.00 bits per heavy atom. The molecule has 0 spiro atoms. The molecule has 0 aromatic heterocycles. The van der Waals surface area contributed by atoms with E-state index < -0.39 is 6.67 Å². The van der Waals surface area contributed by atoms with Gasteiger partial charge in [0.05, 0.1) is 7.11 Å². The molecule has 1 heterocycles. The first-order valence-electron chi connectivity index (χ1n) is 5.79. The van der Waals surface area contributed by atoms with Gasteiger partial charge in [-0.1, -0.05) is 12.1 Å². The molecular weight excluding hydrogens is 205 g/mol. The van der Waals surface area contributed by atoms with Crippen molar-refractivity contribution in [3.8, 4) is 5.75 Å². The molecule has 1 aliphatic rings. The first kappa shape index (κ1) is 11.4. The summed E-state index contributed by atoms with van der Waals surface area (Å²) in [4.78, 5) is 0. The van der Waals surface area contributed by atoms with Crippen LogP contribution in [0.1, 0.15) is 24.0 Å². The van der Waals surface area contributed by atoms with Crippen LogP contribution in [0.25, 0.3) is 0 Å². The third-order valence-corrected chi connectivity index (χ3v) is 3.21. The average Bonchev–Trinajstić information content (AvgIpc) is 2.81. The average molecular weight is 223 g/mol. The van der Waals surface area contributed by atoms with E-state index in [0.717, 1.165) is 18.5 Å². The maximum absolute atomic E-state index is 13.0. The van der Waals surface area contributed by atoms with Gasteiger partial charge in [-0.2, -0.15) is 0 Å². The predicted molar refractivity (Wildman–Crippen MR) is 62.5 cm³/mol. The fourth-order valence-electron chi connectivity index (χ4n) is 2.34. The predicted octanol–water partition coefficient (Wildman–Crippen LogP) is 2.46. The molecule has 2 rings (SSSR count). The van der Waals surface area contributed by atoms with Crippen molar-refractivity contribution in [2.24, 2.45) is 0 Å². The highest BCUT2D eigenvalue weighted by Crippen LogP contribution is 2.25. The van der Waals surface area contributed by atoms with Crippen molar-refractivity contribution in [3.63, 3.8) is 0 Å². The monoisotopic (exact) mass is 223 g/mol. The zero-order chi connectivity index (χ0) is 11.4. The molecular formula is C13H18FNO. The maximum Gasteiger partial charge on any atom is 0.124 e. The Bertz CT molecular complexity index is 348. The van der Waals surface area contributed by atoms with E-state index in [9.17, 15) is 4.39 Å². The molecule has 0 bridgehead atoms. The van der Waals surface area contributed by atoms with E-state index in [4.69, 9.17) is 4.74 Å². The quantitative estimate of drug-likeness (QED) is 0.846. The molecule has 88 valence electrons. The Kier molecular flexibility index (Phi) is 3.78. The molecule has 0 saturated carbocycles. The summed E-state index contributed by atoms with van der Waals surface area (Å²) in [5, 5.41) is 3.43. The summed E-state index contributed by atoms with van der Waals surface area (Å²) in [6.45, 7) is 0.631. The van der Waals surface area contributed by atoms with Crippen molar-refractivity contribution in [2.45, 2.75) is 32.0 Å². The molecule has 1 aliphatic heterocycles. The van der Waals surface area contributed by atoms with Crippen LogP contribution in [0.3, 0.4) is 0 Å². The fourth-order valence-corrected chi connectivity index (χ4v) is 2.34. The summed E-state index contributed by atoms with van der Waals surface area (Å²) < 4.78 is 18.2. The topological polar surface area (TPSA) is 21.3 Å². The third kappa shape index (κ3) is 2.35. The molecule has 16 heavy (non-hydrogen) atoms. The van der Waals surface area contributed by atoms with E-state index in [2.05, 4.69) is 5.32 Å². The Hall–Kier alpha value is -1.09. The van der Waals surface area contributed by atoms with E-state index in [-0.39, 0.29) is 0 Å². The van der Waals surface area contributed by atoms with Crippen LogP contribution < -0.4 is 10.1 Å². The van der Waals surface area contributed by atoms with E-state index in [1.54, 1.807) is 7.11 Å². The molecule has 1 atom stereocenters. The van der Waals surface area contributed by atoms with E-state index in [1.807, 2.05) is 18.2 Å². The zero-order valence-corrected chi connectivity index (χ0v) is 9.63. The number of methoxy groups -OCH3 is 1. The van der Waals surface area contributed by atoms with Gasteiger partial charge in [-0.3, -0.25) is 0 Å². The molecule has 1 saturated heterocycles. The van der Waals surface area contributed by atoms with Gasteiger partial charge in [-0.15, -0.1) is 0 Å². The van der Waals surface area contributed by atoms with Crippen molar-refractivity contribution in [2.75, 3.05) is 13.7 Å². The van der Waals surface area contributed by atoms with Gasteiger partial charge in [0.25, 0.3) is 0 Å². The Balaban J connectivity index is 2.18. The van der Waals surface area contributed by atoms with Crippen LogP contribution in [-0.2, 0) is 13.1 Å². The van der Waals surface area contributed by atoms with Gasteiger partial charge in [0, 0.05) is 11.6 Å². The van der Waals surface area contributed by atoms with Gasteiger partial charge >= 0.3 is 0 Å². The molecule has 1 unspecified atom stereocenters. The van der Waals surface area contributed by atoms with E-state index >= 15 is 0 Å². The maximum atomic E-state index is 13.0. The second kappa shape index (κ2) is 5.30. The van der Waals surface area contributed by atoms with Crippen LogP contribution in [0.2, 0.25) is 0 Å². The molecule has 1 aromatic carbocycles. The lowest BCUT2D eigenvalue weighted by molar-refractivity contribution is 0.392. The number of alkyl halides is 1. The van der Waals surface area contributed by atoms with Crippen LogP contribution in [-0.4, -0.2) is 19.7 Å². The highest BCUT2D eigenvalue weighted by Gasteiger charge is 2.17. The molecule has 0 radical (unpaired) electrons. The van der Waals surface area contributed by atoms with Crippen molar-refractivity contribution in [3.05, 3.63) is 29.3 Å². The molecule has 3 heteroatoms. The van der Waals surface area contributed by atoms with Crippen molar-refractivity contribution in [1.29, 1.82) is 0 Å². The molecule has 1 aromatic rings. The SMILES string of the molecule is COc1cccc(CC2CCCN2)c1CF. The summed E-state index contributed by atoms with van der Waals surface area (Å²) in [6.07, 6.45) is 3.30. The normalized spacial score (nSPS) is 20.0. The number of ether oxygens (including phenoxy) is 1. The van der Waals surface area contributed by atoms with Gasteiger partial charge < -0.3 is 10.1 Å². The van der Waals surface area contributed by atoms with Crippen LogP contribution in [0.5, 0.6) is 5.75 Å². The summed E-state index contributed by atoms with van der Waals surface area (Å²) >= 11 is 0. The molecule has 0 amide bonds. The lowest BCUT2D eigenvalue weighted by Gasteiger charge is -2.15. The smallest absolute Gasteiger partial charge is 0.124 e. The van der Waals surface area contributed by atoms with Crippen LogP contribution >= 0.6 is 0 Å². The first-order chi connectivity index (χ1) is 7.85. The molecule has 1 fully saturated rings. The first-order valence-corrected chi connectivity index (χ1v) is 5.79. The van der Waals surface area contributed by atoms with Crippen molar-refractivity contribution < 1.29 is 9.13 Å². The standard InChI is InChI=1S/C13H18FNO/c1-16-13-6-2-4-10(12(13)9-14)8-11-5-3-7-15-11/h2,4,6,11,15H,3,5,7-9H2,1H3. The van der Waals surface area contributed by atoms with Crippen LogP contribution in [0.4, 0.5) is 4.39 Å². The van der Waals surface area contributed by atoms with Crippen molar-refractivity contribution >= 4 is 0 Å². The highest BCUT2D eigenvalue weighted by atomic mass is 19.1. The summed E-state index contributed by atoms with van der Waals surface area (Å²) in [7, 11) is 1.59. The minimum absolute atomic E-state index is 0.452. The number of halogens is 1. The Labute approximate surface area is 95.8 Å². The summed E-state index contributed by atoms with van der Waals surface area (Å²) in [5.41, 5.74) is 1.78. The minimum Gasteiger partial charge on any atom is -0.496 e. The van der Waals surface area contributed by atoms with Crippen LogP contribution in [0.15, 0.2) is 18.2 Å². The van der Waals surface area contributed by atoms with Gasteiger partial charge in [0.1, 0.15) is 12.4 Å². The van der Waals surface area contributed by atoms with Gasteiger partial charge in [0.15, 0.2) is 0 Å². The van der Waals surface area contributed by atoms with Gasteiger partial charge in [0.2, 0.25) is 0 Å². The number of hydrogen-bond donors (Lipinski definition) is 1. The highest BCUT2D eigenvalue weighted by molar-refractivity contribution is 5.40. The Morgan fingerprint density at radius 2 is 2.38 bits per heavy atom. The van der Waals surface area contributed by atoms with E-state index in [0.29, 0.717) is 17.4 Å². The van der Waals surface area contributed by atoms with E-state index in [1.165, 1.54) is 12.8 Å². The number of nitrogens with one attached hydrogen (secondary N) is 1. The minimum atomic E-state index is -0.452. The lowest BCUT2D eigenvalue weighted by Crippen LogP contribution is -2.24. The third-order valence-electron chi connectivity index (χ3n) is 3.21. The molecule has 2 nitrogen and oxygen atoms in total. The summed E-state index contributed by atoms with van der Waals surface area (Å²) in [5.74, 6) is 0.665. The zero-order valence-electron chi connectivity index (χ0n) is 9.63. The molecule has 1 N–H and O–H groups in total. The second-order valence-corrected chi connectivity index (χ2v) is 4.23. The van der Waals surface area contributed by atoms with Crippen LogP contribution in [0, 0.1) is 0 Å². The number of hydrogen-bond acceptors (Lipinski definition) is 2. The van der Waals surface area contributed by atoms with Gasteiger partial charge in [-0.25, -0.2) is 4.39 Å². The van der Waals surface area contributed by atoms with Crippen molar-refractivity contribution in [1.82, 2.24) is 5.32 Å². The van der Waals surface area contributed by atoms with Gasteiger partial charge in [-0.05, 0) is 37.4 Å². The Morgan fingerprint density at radius 1 is 1.50 bits per heavy atom. The number of benzene rings is 1. The summed E-state index contributed by atoms with van der Waals surface area (Å²) in [6, 6.07) is 6.25. The number of rotatable bonds is 4. The molecule has 0 aliphatic carbocycles. The largest absolute Gasteiger partial charge is 0.496 e. The fraction of sp³-hybridized carbons (Fsp3) is 0.538. The second-order valence-electron chi connectivity index (χ2n) is 4.23. The lowest BCUT2D eigenvalue weighted by atomic mass is 9.99.